The van der Waals surface area contributed by atoms with Gasteiger partial charge < -0.3 is 14.6 Å². The maximum atomic E-state index is 14.0. The van der Waals surface area contributed by atoms with Crippen molar-refractivity contribution in [3.05, 3.63) is 106 Å². The van der Waals surface area contributed by atoms with Crippen LogP contribution in [-0.2, 0) is 11.2 Å². The van der Waals surface area contributed by atoms with Crippen LogP contribution in [0.4, 0.5) is 4.39 Å². The molecule has 0 radical (unpaired) electrons. The molecule has 2 heterocycles. The van der Waals surface area contributed by atoms with Gasteiger partial charge in [0.15, 0.2) is 5.78 Å². The van der Waals surface area contributed by atoms with Crippen molar-refractivity contribution < 1.29 is 28.6 Å². The number of Topliss-reactive ketones (excluding diaryl/α,β-unsaturated/α-hetero) is 1. The number of fused-ring (bicyclic) bond motifs is 1. The second-order valence-electron chi connectivity index (χ2n) is 9.05. The molecule has 4 aromatic rings. The van der Waals surface area contributed by atoms with Gasteiger partial charge in [0.25, 0.3) is 0 Å². The fraction of sp³-hybridized carbons (Fsp3) is 0.167. The lowest BCUT2D eigenvalue weighted by molar-refractivity contribution is -0.139. The van der Waals surface area contributed by atoms with Crippen LogP contribution in [0.1, 0.15) is 39.5 Å². The fourth-order valence-electron chi connectivity index (χ4n) is 4.32. The first kappa shape index (κ1) is 25.4. The number of hydrogen-bond acceptors (Lipinski definition) is 5. The van der Waals surface area contributed by atoms with Gasteiger partial charge in [-0.3, -0.25) is 14.6 Å². The number of hydrogen-bond donors (Lipinski definition) is 1. The first-order chi connectivity index (χ1) is 18.3. The van der Waals surface area contributed by atoms with E-state index in [1.54, 1.807) is 73.7 Å². The Hall–Kier alpha value is -4.23. The topological polar surface area (TPSA) is 85.7 Å². The van der Waals surface area contributed by atoms with E-state index in [-0.39, 0.29) is 23.0 Å². The number of benzene rings is 3. The molecule has 1 N–H and O–H groups in total. The quantitative estimate of drug-likeness (QED) is 0.258. The number of carboxylic acids is 1. The van der Waals surface area contributed by atoms with Crippen LogP contribution in [0.3, 0.4) is 0 Å². The molecule has 0 aliphatic carbocycles. The van der Waals surface area contributed by atoms with Gasteiger partial charge in [0.1, 0.15) is 23.1 Å². The number of pyridine rings is 1. The molecule has 1 aliphatic heterocycles. The predicted octanol–water partition coefficient (Wildman–Crippen LogP) is 7.02. The van der Waals surface area contributed by atoms with E-state index in [4.69, 9.17) is 21.1 Å². The number of carbonyl (C=O) groups excluding carboxylic acids is 1. The molecule has 192 valence electrons. The molecule has 0 bridgehead atoms. The van der Waals surface area contributed by atoms with Crippen molar-refractivity contribution in [1.82, 2.24) is 4.98 Å². The predicted molar refractivity (Wildman–Crippen MR) is 141 cm³/mol. The third-order valence-electron chi connectivity index (χ3n) is 6.42. The Kier molecular flexibility index (Phi) is 7.11. The Labute approximate surface area is 223 Å². The number of aromatic nitrogens is 1. The van der Waals surface area contributed by atoms with Crippen molar-refractivity contribution in [1.29, 1.82) is 0 Å². The zero-order valence-corrected chi connectivity index (χ0v) is 21.2. The van der Waals surface area contributed by atoms with Gasteiger partial charge in [0.2, 0.25) is 0 Å². The summed E-state index contributed by atoms with van der Waals surface area (Å²) in [6.45, 7) is 1.99. The van der Waals surface area contributed by atoms with Crippen molar-refractivity contribution in [2.75, 3.05) is 6.61 Å². The summed E-state index contributed by atoms with van der Waals surface area (Å²) < 4.78 is 25.5. The molecular weight excluding hydrogens is 509 g/mol. The zero-order chi connectivity index (χ0) is 26.8. The van der Waals surface area contributed by atoms with Crippen molar-refractivity contribution in [3.8, 4) is 28.5 Å². The number of carbonyl (C=O) groups is 2. The van der Waals surface area contributed by atoms with Crippen LogP contribution in [0.25, 0.3) is 11.3 Å². The largest absolute Gasteiger partial charge is 0.493 e. The molecule has 38 heavy (non-hydrogen) atoms. The van der Waals surface area contributed by atoms with Gasteiger partial charge in [-0.15, -0.1) is 0 Å². The fourth-order valence-corrected chi connectivity index (χ4v) is 4.53. The molecule has 1 atom stereocenters. The van der Waals surface area contributed by atoms with Crippen LogP contribution in [0.15, 0.2) is 72.8 Å². The number of rotatable bonds is 7. The van der Waals surface area contributed by atoms with E-state index in [2.05, 4.69) is 4.98 Å². The standard InChI is InChI=1S/C30H23ClFNO5/c1-17-5-6-19(13-25(17)32)26-4-2-3-20(33-26)14-27(34)18-7-9-21(10-8-18)38-29-16-28-23(15-24(29)31)22(30(35)36)11-12-37-28/h2-10,13,15-16,22H,11-12,14H2,1H3,(H,35,36). The molecule has 1 aliphatic rings. The van der Waals surface area contributed by atoms with E-state index in [1.807, 2.05) is 0 Å². The lowest BCUT2D eigenvalue weighted by atomic mass is 9.93. The number of aliphatic carboxylic acids is 1. The third kappa shape index (κ3) is 5.38. The second-order valence-corrected chi connectivity index (χ2v) is 9.46. The van der Waals surface area contributed by atoms with Crippen LogP contribution < -0.4 is 9.47 Å². The zero-order valence-electron chi connectivity index (χ0n) is 20.4. The van der Waals surface area contributed by atoms with E-state index in [1.165, 1.54) is 6.07 Å². The minimum Gasteiger partial charge on any atom is -0.493 e. The Balaban J connectivity index is 1.28. The van der Waals surface area contributed by atoms with Crippen molar-refractivity contribution >= 4 is 23.4 Å². The lowest BCUT2D eigenvalue weighted by Crippen LogP contribution is -2.20. The monoisotopic (exact) mass is 531 g/mol. The van der Waals surface area contributed by atoms with Gasteiger partial charge in [0, 0.05) is 28.5 Å². The highest BCUT2D eigenvalue weighted by molar-refractivity contribution is 6.32. The highest BCUT2D eigenvalue weighted by Gasteiger charge is 2.29. The van der Waals surface area contributed by atoms with Gasteiger partial charge in [-0.1, -0.05) is 29.8 Å². The summed E-state index contributed by atoms with van der Waals surface area (Å²) in [4.78, 5) is 29.0. The Morgan fingerprint density at radius 2 is 1.89 bits per heavy atom. The van der Waals surface area contributed by atoms with E-state index in [9.17, 15) is 19.1 Å². The smallest absolute Gasteiger partial charge is 0.311 e. The van der Waals surface area contributed by atoms with Crippen LogP contribution in [0.2, 0.25) is 5.02 Å². The maximum Gasteiger partial charge on any atom is 0.311 e. The number of ketones is 1. The summed E-state index contributed by atoms with van der Waals surface area (Å²) in [5, 5.41) is 9.72. The molecule has 1 unspecified atom stereocenters. The second kappa shape index (κ2) is 10.6. The number of halogens is 2. The normalized spacial score (nSPS) is 14.3. The Morgan fingerprint density at radius 3 is 2.63 bits per heavy atom. The molecule has 8 heteroatoms. The van der Waals surface area contributed by atoms with Crippen LogP contribution in [-0.4, -0.2) is 28.4 Å². The molecule has 5 rings (SSSR count). The number of aryl methyl sites for hydroxylation is 1. The van der Waals surface area contributed by atoms with Crippen molar-refractivity contribution in [2.45, 2.75) is 25.7 Å². The van der Waals surface area contributed by atoms with E-state index >= 15 is 0 Å². The van der Waals surface area contributed by atoms with Gasteiger partial charge in [-0.25, -0.2) is 4.39 Å². The molecule has 3 aromatic carbocycles. The number of nitrogens with zero attached hydrogens (tertiary/aromatic N) is 1. The average Bonchev–Trinajstić information content (AvgIpc) is 2.91. The van der Waals surface area contributed by atoms with E-state index in [0.717, 1.165) is 0 Å². The first-order valence-electron chi connectivity index (χ1n) is 12.0. The highest BCUT2D eigenvalue weighted by atomic mass is 35.5. The highest BCUT2D eigenvalue weighted by Crippen LogP contribution is 2.41. The average molecular weight is 532 g/mol. The van der Waals surface area contributed by atoms with Crippen molar-refractivity contribution in [2.24, 2.45) is 0 Å². The molecule has 0 fully saturated rings. The molecule has 6 nitrogen and oxygen atoms in total. The summed E-state index contributed by atoms with van der Waals surface area (Å²) in [6.07, 6.45) is 0.458. The Morgan fingerprint density at radius 1 is 1.11 bits per heavy atom. The number of carboxylic acid groups (broad SMARTS) is 1. The summed E-state index contributed by atoms with van der Waals surface area (Å²) in [6, 6.07) is 20.0. The molecule has 0 saturated heterocycles. The Bertz CT molecular complexity index is 1540. The van der Waals surface area contributed by atoms with Gasteiger partial charge in [-0.2, -0.15) is 0 Å². The lowest BCUT2D eigenvalue weighted by Gasteiger charge is -2.24. The van der Waals surface area contributed by atoms with Gasteiger partial charge in [0.05, 0.1) is 29.7 Å². The summed E-state index contributed by atoms with van der Waals surface area (Å²) in [7, 11) is 0. The maximum absolute atomic E-state index is 14.0. The molecule has 0 amide bonds. The molecule has 0 saturated carbocycles. The van der Waals surface area contributed by atoms with Gasteiger partial charge in [-0.05, 0) is 67.4 Å². The van der Waals surface area contributed by atoms with E-state index < -0.39 is 11.9 Å². The SMILES string of the molecule is Cc1ccc(-c2cccc(CC(=O)c3ccc(Oc4cc5c(cc4Cl)C(C(=O)O)CCO5)cc3)n2)cc1F. The first-order valence-corrected chi connectivity index (χ1v) is 12.4. The molecule has 1 aromatic heterocycles. The third-order valence-corrected chi connectivity index (χ3v) is 6.72. The van der Waals surface area contributed by atoms with Crippen LogP contribution in [0.5, 0.6) is 17.2 Å². The minimum atomic E-state index is -0.925. The number of ether oxygens (including phenoxy) is 2. The summed E-state index contributed by atoms with van der Waals surface area (Å²) >= 11 is 6.37. The van der Waals surface area contributed by atoms with Crippen molar-refractivity contribution in [3.63, 3.8) is 0 Å². The van der Waals surface area contributed by atoms with Crippen LogP contribution in [0, 0.1) is 12.7 Å². The van der Waals surface area contributed by atoms with E-state index in [0.29, 0.717) is 63.9 Å². The summed E-state index contributed by atoms with van der Waals surface area (Å²) in [5.41, 5.74) is 3.38. The molecular formula is C30H23ClFNO5. The van der Waals surface area contributed by atoms with Gasteiger partial charge >= 0.3 is 5.97 Å². The molecule has 0 spiro atoms. The summed E-state index contributed by atoms with van der Waals surface area (Å²) in [5.74, 6) is -0.829. The van der Waals surface area contributed by atoms with Crippen LogP contribution >= 0.6 is 11.6 Å². The minimum absolute atomic E-state index is 0.0844.